The van der Waals surface area contributed by atoms with Crippen LogP contribution in [0.15, 0.2) is 28.7 Å². The van der Waals surface area contributed by atoms with Gasteiger partial charge < -0.3 is 10.3 Å². The molecule has 1 aromatic heterocycles. The topological polar surface area (TPSA) is 40.7 Å². The van der Waals surface area contributed by atoms with Gasteiger partial charge in [-0.2, -0.15) is 0 Å². The lowest BCUT2D eigenvalue weighted by atomic mass is 10.0. The summed E-state index contributed by atoms with van der Waals surface area (Å²) in [5, 5.41) is 3.27. The monoisotopic (exact) mass is 291 g/mol. The van der Waals surface area contributed by atoms with E-state index in [1.54, 1.807) is 0 Å². The SMILES string of the molecule is Cc1[nH]c(C2CNC2)nc1-c1cccc(Br)c1. The second-order valence-electron chi connectivity index (χ2n) is 4.46. The molecule has 1 saturated heterocycles. The van der Waals surface area contributed by atoms with Gasteiger partial charge in [-0.05, 0) is 19.1 Å². The summed E-state index contributed by atoms with van der Waals surface area (Å²) in [5.74, 6) is 1.66. The van der Waals surface area contributed by atoms with Gasteiger partial charge in [-0.3, -0.25) is 0 Å². The van der Waals surface area contributed by atoms with Crippen LogP contribution >= 0.6 is 15.9 Å². The Labute approximate surface area is 109 Å². The minimum absolute atomic E-state index is 0.551. The maximum atomic E-state index is 4.73. The lowest BCUT2D eigenvalue weighted by Crippen LogP contribution is -2.40. The van der Waals surface area contributed by atoms with Crippen molar-refractivity contribution < 1.29 is 0 Å². The van der Waals surface area contributed by atoms with Crippen molar-refractivity contribution in [3.8, 4) is 11.3 Å². The maximum Gasteiger partial charge on any atom is 0.112 e. The quantitative estimate of drug-likeness (QED) is 0.893. The first-order chi connectivity index (χ1) is 8.24. The van der Waals surface area contributed by atoms with E-state index >= 15 is 0 Å². The van der Waals surface area contributed by atoms with Crippen molar-refractivity contribution in [3.05, 3.63) is 40.3 Å². The van der Waals surface area contributed by atoms with Gasteiger partial charge >= 0.3 is 0 Å². The predicted octanol–water partition coefficient (Wildman–Crippen LogP) is 2.83. The number of nitrogens with zero attached hydrogens (tertiary/aromatic N) is 1. The third kappa shape index (κ3) is 2.03. The van der Waals surface area contributed by atoms with Crippen molar-refractivity contribution in [1.29, 1.82) is 0 Å². The molecule has 1 aromatic carbocycles. The molecule has 0 bridgehead atoms. The number of hydrogen-bond acceptors (Lipinski definition) is 2. The molecule has 88 valence electrons. The van der Waals surface area contributed by atoms with E-state index in [9.17, 15) is 0 Å². The van der Waals surface area contributed by atoms with Gasteiger partial charge in [-0.25, -0.2) is 4.98 Å². The van der Waals surface area contributed by atoms with E-state index in [-0.39, 0.29) is 0 Å². The second-order valence-corrected chi connectivity index (χ2v) is 5.38. The van der Waals surface area contributed by atoms with Gasteiger partial charge in [0.15, 0.2) is 0 Å². The molecule has 3 nitrogen and oxygen atoms in total. The van der Waals surface area contributed by atoms with Crippen LogP contribution in [0.25, 0.3) is 11.3 Å². The van der Waals surface area contributed by atoms with Gasteiger partial charge in [0.2, 0.25) is 0 Å². The van der Waals surface area contributed by atoms with E-state index in [0.717, 1.165) is 40.3 Å². The number of aromatic amines is 1. The van der Waals surface area contributed by atoms with Crippen LogP contribution in [0.5, 0.6) is 0 Å². The summed E-state index contributed by atoms with van der Waals surface area (Å²) in [6.07, 6.45) is 0. The fraction of sp³-hybridized carbons (Fsp3) is 0.308. The number of benzene rings is 1. The summed E-state index contributed by atoms with van der Waals surface area (Å²) in [4.78, 5) is 8.12. The molecule has 0 amide bonds. The molecule has 17 heavy (non-hydrogen) atoms. The zero-order valence-corrected chi connectivity index (χ0v) is 11.2. The highest BCUT2D eigenvalue weighted by atomic mass is 79.9. The van der Waals surface area contributed by atoms with Gasteiger partial charge in [0.25, 0.3) is 0 Å². The summed E-state index contributed by atoms with van der Waals surface area (Å²) < 4.78 is 1.09. The van der Waals surface area contributed by atoms with Crippen LogP contribution in [-0.2, 0) is 0 Å². The van der Waals surface area contributed by atoms with Gasteiger partial charge in [0, 0.05) is 34.7 Å². The summed E-state index contributed by atoms with van der Waals surface area (Å²) in [6, 6.07) is 8.27. The molecule has 0 radical (unpaired) electrons. The molecule has 3 rings (SSSR count). The molecule has 2 N–H and O–H groups in total. The molecular weight excluding hydrogens is 278 g/mol. The molecule has 0 unspecified atom stereocenters. The molecule has 0 saturated carbocycles. The third-order valence-electron chi connectivity index (χ3n) is 3.17. The van der Waals surface area contributed by atoms with E-state index in [1.165, 1.54) is 0 Å². The molecule has 0 atom stereocenters. The van der Waals surface area contributed by atoms with Crippen molar-refractivity contribution in [2.45, 2.75) is 12.8 Å². The molecule has 4 heteroatoms. The first-order valence-electron chi connectivity index (χ1n) is 5.77. The zero-order valence-electron chi connectivity index (χ0n) is 9.63. The highest BCUT2D eigenvalue weighted by Gasteiger charge is 2.23. The Bertz CT molecular complexity index is 543. The lowest BCUT2D eigenvalue weighted by molar-refractivity contribution is 0.432. The van der Waals surface area contributed by atoms with E-state index in [2.05, 4.69) is 45.3 Å². The average Bonchev–Trinajstić information content (AvgIpc) is 2.57. The lowest BCUT2D eigenvalue weighted by Gasteiger charge is -2.24. The fourth-order valence-electron chi connectivity index (χ4n) is 2.08. The molecule has 2 heterocycles. The number of H-pyrrole nitrogens is 1. The van der Waals surface area contributed by atoms with E-state index < -0.39 is 0 Å². The Hall–Kier alpha value is -1.13. The van der Waals surface area contributed by atoms with E-state index in [4.69, 9.17) is 4.98 Å². The van der Waals surface area contributed by atoms with Crippen LogP contribution in [0.2, 0.25) is 0 Å². The number of hydrogen-bond donors (Lipinski definition) is 2. The summed E-state index contributed by atoms with van der Waals surface area (Å²) in [6.45, 7) is 4.15. The molecule has 1 fully saturated rings. The zero-order chi connectivity index (χ0) is 11.8. The third-order valence-corrected chi connectivity index (χ3v) is 3.66. The molecule has 1 aliphatic heterocycles. The van der Waals surface area contributed by atoms with Crippen LogP contribution in [0.4, 0.5) is 0 Å². The van der Waals surface area contributed by atoms with Gasteiger partial charge in [0.1, 0.15) is 5.82 Å². The Balaban J connectivity index is 1.99. The largest absolute Gasteiger partial charge is 0.345 e. The predicted molar refractivity (Wildman–Crippen MR) is 72.1 cm³/mol. The highest BCUT2D eigenvalue weighted by molar-refractivity contribution is 9.10. The molecule has 0 spiro atoms. The summed E-state index contributed by atoms with van der Waals surface area (Å²) in [7, 11) is 0. The number of imidazole rings is 1. The van der Waals surface area contributed by atoms with Crippen LogP contribution in [0.3, 0.4) is 0 Å². The number of aryl methyl sites for hydroxylation is 1. The van der Waals surface area contributed by atoms with Gasteiger partial charge in [-0.1, -0.05) is 28.1 Å². The maximum absolute atomic E-state index is 4.73. The van der Waals surface area contributed by atoms with Crippen molar-refractivity contribution in [3.63, 3.8) is 0 Å². The summed E-state index contributed by atoms with van der Waals surface area (Å²) in [5.41, 5.74) is 3.37. The Morgan fingerprint density at radius 2 is 2.18 bits per heavy atom. The first-order valence-corrected chi connectivity index (χ1v) is 6.56. The van der Waals surface area contributed by atoms with Crippen molar-refractivity contribution in [1.82, 2.24) is 15.3 Å². The smallest absolute Gasteiger partial charge is 0.112 e. The first kappa shape index (κ1) is 11.0. The number of aromatic nitrogens is 2. The minimum Gasteiger partial charge on any atom is -0.345 e. The molecule has 2 aromatic rings. The second kappa shape index (κ2) is 4.27. The molecule has 1 aliphatic rings. The van der Waals surface area contributed by atoms with Gasteiger partial charge in [0.05, 0.1) is 5.69 Å². The van der Waals surface area contributed by atoms with Crippen LogP contribution in [0.1, 0.15) is 17.4 Å². The highest BCUT2D eigenvalue weighted by Crippen LogP contribution is 2.27. The number of nitrogens with one attached hydrogen (secondary N) is 2. The van der Waals surface area contributed by atoms with Crippen LogP contribution in [-0.4, -0.2) is 23.1 Å². The van der Waals surface area contributed by atoms with Crippen molar-refractivity contribution >= 4 is 15.9 Å². The van der Waals surface area contributed by atoms with Crippen molar-refractivity contribution in [2.75, 3.05) is 13.1 Å². The standard InChI is InChI=1S/C13H14BrN3/c1-8-12(9-3-2-4-11(14)5-9)17-13(16-8)10-6-15-7-10/h2-5,10,15H,6-7H2,1H3,(H,16,17). The molecular formula is C13H14BrN3. The average molecular weight is 292 g/mol. The number of halogens is 1. The molecule has 0 aliphatic carbocycles. The number of rotatable bonds is 2. The Morgan fingerprint density at radius 3 is 2.82 bits per heavy atom. The normalized spacial score (nSPS) is 15.9. The Kier molecular flexibility index (Phi) is 2.76. The fourth-order valence-corrected chi connectivity index (χ4v) is 2.48. The van der Waals surface area contributed by atoms with Gasteiger partial charge in [-0.15, -0.1) is 0 Å². The van der Waals surface area contributed by atoms with E-state index in [1.807, 2.05) is 12.1 Å². The van der Waals surface area contributed by atoms with E-state index in [0.29, 0.717) is 5.92 Å². The van der Waals surface area contributed by atoms with Crippen LogP contribution < -0.4 is 5.32 Å². The summed E-state index contributed by atoms with van der Waals surface area (Å²) >= 11 is 3.50. The minimum atomic E-state index is 0.551. The Morgan fingerprint density at radius 1 is 1.35 bits per heavy atom. The van der Waals surface area contributed by atoms with Crippen LogP contribution in [0, 0.1) is 6.92 Å². The van der Waals surface area contributed by atoms with Crippen molar-refractivity contribution in [2.24, 2.45) is 0 Å².